The molecule has 2 fully saturated rings. The van der Waals surface area contributed by atoms with Crippen LogP contribution >= 0.6 is 0 Å². The smallest absolute Gasteiger partial charge is 0.307 e. The number of piperazine rings is 1. The van der Waals surface area contributed by atoms with Crippen molar-refractivity contribution in [3.05, 3.63) is 64.9 Å². The van der Waals surface area contributed by atoms with Gasteiger partial charge in [-0.2, -0.15) is 0 Å². The summed E-state index contributed by atoms with van der Waals surface area (Å²) in [5.74, 6) is 0.0794. The summed E-state index contributed by atoms with van der Waals surface area (Å²) in [6, 6.07) is 8.88. The first-order valence-corrected chi connectivity index (χ1v) is 11.9. The SMILES string of the molecule is Cc1nc(N2CCNCC2)ccc1-c1ccc(F)c(COc2cc3c(cn2)[C@H]2[C@@H](C3)[C@@H]2C(=O)O)n1. The molecule has 3 aliphatic rings. The second-order valence-corrected chi connectivity index (χ2v) is 9.43. The molecule has 2 N–H and O–H groups in total. The van der Waals surface area contributed by atoms with Gasteiger partial charge in [-0.05, 0) is 54.7 Å². The molecule has 9 heteroatoms. The number of hydrogen-bond donors (Lipinski definition) is 2. The molecular formula is C26H26FN5O3. The Bertz CT molecular complexity index is 1310. The molecule has 3 aromatic heterocycles. The van der Waals surface area contributed by atoms with Crippen molar-refractivity contribution in [2.24, 2.45) is 11.8 Å². The number of pyridine rings is 3. The molecule has 8 nitrogen and oxygen atoms in total. The van der Waals surface area contributed by atoms with Crippen LogP contribution in [0.5, 0.6) is 5.88 Å². The number of ether oxygens (including phenoxy) is 1. The fourth-order valence-corrected chi connectivity index (χ4v) is 5.45. The quantitative estimate of drug-likeness (QED) is 0.561. The molecule has 0 unspecified atom stereocenters. The van der Waals surface area contributed by atoms with Gasteiger partial charge in [0.2, 0.25) is 5.88 Å². The maximum absolute atomic E-state index is 14.5. The van der Waals surface area contributed by atoms with Crippen LogP contribution in [0.1, 0.15) is 28.4 Å². The van der Waals surface area contributed by atoms with Crippen molar-refractivity contribution in [1.29, 1.82) is 0 Å². The number of nitrogens with zero attached hydrogens (tertiary/aromatic N) is 4. The van der Waals surface area contributed by atoms with Crippen molar-refractivity contribution in [2.75, 3.05) is 31.1 Å². The van der Waals surface area contributed by atoms with E-state index in [1.165, 1.54) is 6.07 Å². The van der Waals surface area contributed by atoms with Crippen molar-refractivity contribution < 1.29 is 19.0 Å². The van der Waals surface area contributed by atoms with E-state index in [1.54, 1.807) is 12.3 Å². The first-order chi connectivity index (χ1) is 17.0. The van der Waals surface area contributed by atoms with Gasteiger partial charge in [0.1, 0.15) is 23.9 Å². The van der Waals surface area contributed by atoms with Crippen molar-refractivity contribution in [3.63, 3.8) is 0 Å². The number of nitrogens with one attached hydrogen (secondary N) is 1. The molecule has 35 heavy (non-hydrogen) atoms. The van der Waals surface area contributed by atoms with Gasteiger partial charge in [0.05, 0.1) is 11.6 Å². The fourth-order valence-electron chi connectivity index (χ4n) is 5.45. The summed E-state index contributed by atoms with van der Waals surface area (Å²) in [7, 11) is 0. The van der Waals surface area contributed by atoms with Crippen LogP contribution in [-0.4, -0.2) is 52.2 Å². The molecule has 6 rings (SSSR count). The summed E-state index contributed by atoms with van der Waals surface area (Å²) >= 11 is 0. The first-order valence-electron chi connectivity index (χ1n) is 11.9. The van der Waals surface area contributed by atoms with E-state index in [4.69, 9.17) is 9.72 Å². The Hall–Kier alpha value is -3.59. The minimum absolute atomic E-state index is 0.0542. The Kier molecular flexibility index (Phi) is 5.36. The minimum atomic E-state index is -0.740. The monoisotopic (exact) mass is 475 g/mol. The Morgan fingerprint density at radius 1 is 1.23 bits per heavy atom. The van der Waals surface area contributed by atoms with E-state index in [0.717, 1.165) is 54.4 Å². The molecule has 0 amide bonds. The highest BCUT2D eigenvalue weighted by molar-refractivity contribution is 5.77. The second-order valence-electron chi connectivity index (χ2n) is 9.43. The summed E-state index contributed by atoms with van der Waals surface area (Å²) in [6.45, 7) is 5.60. The summed E-state index contributed by atoms with van der Waals surface area (Å²) < 4.78 is 20.3. The van der Waals surface area contributed by atoms with Crippen LogP contribution in [0.25, 0.3) is 11.3 Å². The second kappa shape index (κ2) is 8.57. The number of halogens is 1. The summed E-state index contributed by atoms with van der Waals surface area (Å²) in [5, 5.41) is 12.6. The van der Waals surface area contributed by atoms with E-state index < -0.39 is 11.8 Å². The molecule has 2 aliphatic carbocycles. The Labute approximate surface area is 202 Å². The van der Waals surface area contributed by atoms with Crippen molar-refractivity contribution in [3.8, 4) is 17.1 Å². The van der Waals surface area contributed by atoms with Gasteiger partial charge < -0.3 is 20.1 Å². The fraction of sp³-hybridized carbons (Fsp3) is 0.385. The van der Waals surface area contributed by atoms with E-state index in [1.807, 2.05) is 25.1 Å². The van der Waals surface area contributed by atoms with Gasteiger partial charge in [-0.1, -0.05) is 0 Å². The normalized spacial score (nSPS) is 22.5. The number of rotatable bonds is 6. The molecule has 0 spiro atoms. The highest BCUT2D eigenvalue weighted by Gasteiger charge is 2.59. The van der Waals surface area contributed by atoms with E-state index in [2.05, 4.69) is 20.2 Å². The maximum atomic E-state index is 14.5. The predicted octanol–water partition coefficient (Wildman–Crippen LogP) is 2.95. The Morgan fingerprint density at radius 2 is 2.06 bits per heavy atom. The van der Waals surface area contributed by atoms with Gasteiger partial charge in [0.15, 0.2) is 0 Å². The predicted molar refractivity (Wildman–Crippen MR) is 127 cm³/mol. The number of carboxylic acids is 1. The number of aliphatic carboxylic acids is 1. The molecule has 0 aromatic carbocycles. The zero-order valence-electron chi connectivity index (χ0n) is 19.4. The Morgan fingerprint density at radius 3 is 2.83 bits per heavy atom. The molecule has 1 saturated carbocycles. The lowest BCUT2D eigenvalue weighted by Crippen LogP contribution is -2.43. The topological polar surface area (TPSA) is 100 Å². The first kappa shape index (κ1) is 21.9. The standard InChI is InChI=1S/C26H26FN5O3/c1-14-16(2-5-22(30-14)32-8-6-28-7-9-32)20-4-3-19(27)21(31-20)13-35-23-11-15-10-17-24(18(15)12-29-23)25(17)26(33)34/h2-5,11-12,17,24-25,28H,6-10,13H2,1H3,(H,33,34)/t17-,24-,25+/m1/s1. The minimum Gasteiger partial charge on any atom is -0.481 e. The van der Waals surface area contributed by atoms with Crippen LogP contribution in [0.3, 0.4) is 0 Å². The number of hydrogen-bond acceptors (Lipinski definition) is 7. The molecule has 3 atom stereocenters. The van der Waals surface area contributed by atoms with Gasteiger partial charge in [0.25, 0.3) is 0 Å². The van der Waals surface area contributed by atoms with Gasteiger partial charge in [-0.25, -0.2) is 19.3 Å². The number of anilines is 1. The third kappa shape index (κ3) is 3.99. The number of fused-ring (bicyclic) bond motifs is 3. The highest BCUT2D eigenvalue weighted by atomic mass is 19.1. The zero-order chi connectivity index (χ0) is 24.1. The molecule has 0 radical (unpaired) electrons. The van der Waals surface area contributed by atoms with Gasteiger partial charge in [0, 0.05) is 55.6 Å². The van der Waals surface area contributed by atoms with Crippen LogP contribution in [0.15, 0.2) is 36.5 Å². The van der Waals surface area contributed by atoms with Crippen LogP contribution < -0.4 is 15.0 Å². The average molecular weight is 476 g/mol. The van der Waals surface area contributed by atoms with Gasteiger partial charge >= 0.3 is 5.97 Å². The van der Waals surface area contributed by atoms with Crippen LogP contribution in [0.2, 0.25) is 0 Å². The van der Waals surface area contributed by atoms with Crippen LogP contribution in [0, 0.1) is 24.6 Å². The number of aryl methyl sites for hydroxylation is 1. The lowest BCUT2D eigenvalue weighted by Gasteiger charge is -2.28. The molecule has 4 heterocycles. The van der Waals surface area contributed by atoms with E-state index in [9.17, 15) is 14.3 Å². The molecule has 180 valence electrons. The van der Waals surface area contributed by atoms with E-state index in [-0.39, 0.29) is 30.1 Å². The maximum Gasteiger partial charge on any atom is 0.307 e. The van der Waals surface area contributed by atoms with E-state index in [0.29, 0.717) is 18.0 Å². The molecule has 1 aliphatic heterocycles. The lowest BCUT2D eigenvalue weighted by atomic mass is 10.0. The summed E-state index contributed by atoms with van der Waals surface area (Å²) in [5.41, 5.74) is 4.59. The largest absolute Gasteiger partial charge is 0.481 e. The molecule has 3 aromatic rings. The van der Waals surface area contributed by atoms with Crippen LogP contribution in [-0.2, 0) is 17.8 Å². The molecule has 0 bridgehead atoms. The lowest BCUT2D eigenvalue weighted by molar-refractivity contribution is -0.139. The van der Waals surface area contributed by atoms with Crippen LogP contribution in [0.4, 0.5) is 10.2 Å². The van der Waals surface area contributed by atoms with Crippen molar-refractivity contribution in [1.82, 2.24) is 20.3 Å². The van der Waals surface area contributed by atoms with E-state index >= 15 is 0 Å². The summed E-state index contributed by atoms with van der Waals surface area (Å²) in [4.78, 5) is 27.2. The van der Waals surface area contributed by atoms with Crippen molar-refractivity contribution in [2.45, 2.75) is 25.9 Å². The zero-order valence-corrected chi connectivity index (χ0v) is 19.4. The molecular weight excluding hydrogens is 449 g/mol. The third-order valence-corrected chi connectivity index (χ3v) is 7.33. The number of carboxylic acid groups (broad SMARTS) is 1. The number of carbonyl (C=O) groups is 1. The van der Waals surface area contributed by atoms with Crippen molar-refractivity contribution >= 4 is 11.8 Å². The van der Waals surface area contributed by atoms with Gasteiger partial charge in [-0.3, -0.25) is 4.79 Å². The Balaban J connectivity index is 1.17. The number of aromatic nitrogens is 3. The summed E-state index contributed by atoms with van der Waals surface area (Å²) in [6.07, 6.45) is 2.42. The van der Waals surface area contributed by atoms with Gasteiger partial charge in [-0.15, -0.1) is 0 Å². The molecule has 1 saturated heterocycles. The highest BCUT2D eigenvalue weighted by Crippen LogP contribution is 2.61. The third-order valence-electron chi connectivity index (χ3n) is 7.33. The average Bonchev–Trinajstić information content (AvgIpc) is 3.46.